The molecule has 2 N–H and O–H groups in total. The molecule has 280 valence electrons. The first-order chi connectivity index (χ1) is 24.1. The number of morpholine rings is 2. The summed E-state index contributed by atoms with van der Waals surface area (Å²) in [5.74, 6) is 1.67. The fourth-order valence-corrected chi connectivity index (χ4v) is 15.0. The minimum Gasteiger partial charge on any atom is -0.478 e. The summed E-state index contributed by atoms with van der Waals surface area (Å²) >= 11 is 0. The van der Waals surface area contributed by atoms with Crippen LogP contribution in [0.2, 0.25) is 0 Å². The summed E-state index contributed by atoms with van der Waals surface area (Å²) in [6.45, 7) is 28.2. The molecule has 2 unspecified atom stereocenters. The molecule has 9 atom stereocenters. The molecule has 0 spiro atoms. The standard InChI is InChI=1S/C45H66N2O4/c1-29(2)34-13-20-45(46-23-24-47-32-25-50-27-33(47)28-51-26-32)22-21-41(5)36(38(34)45)15-18-44(8)42(6)17-14-35(30-9-11-31(12-10-30)39(48)49)40(3,4)37(42)16-19-43(41,44)7/h9-12,14,32-34,36-38,46H,1,13,15-28H2,2-8H3,(H,48,49)/t32?,33?,34-,36+,37?,38?,41+,42-,43-,44+,45-/m0/s1. The van der Waals surface area contributed by atoms with Crippen molar-refractivity contribution < 1.29 is 19.4 Å². The SMILES string of the molecule is C=C(C)[C@@H]1CC[C@]2(NCCN3C4COCC3COC4)CC[C@]3(C)[C@H](CC[C@@]4(C)[C@@]3(C)CCC3C(C)(C)C(c5ccc(C(=O)O)cc5)=CC[C@@]34C)C12. The van der Waals surface area contributed by atoms with Gasteiger partial charge >= 0.3 is 5.97 Å². The Morgan fingerprint density at radius 1 is 0.863 bits per heavy atom. The smallest absolute Gasteiger partial charge is 0.335 e. The number of carbonyl (C=O) groups is 1. The molecular formula is C45H66N2O4. The third-order valence-corrected chi connectivity index (χ3v) is 18.1. The Balaban J connectivity index is 1.08. The monoisotopic (exact) mass is 699 g/mol. The van der Waals surface area contributed by atoms with Gasteiger partial charge in [0, 0.05) is 18.6 Å². The molecule has 6 nitrogen and oxygen atoms in total. The van der Waals surface area contributed by atoms with E-state index in [0.29, 0.717) is 41.3 Å². The Kier molecular flexibility index (Phi) is 8.66. The van der Waals surface area contributed by atoms with Gasteiger partial charge in [-0.2, -0.15) is 0 Å². The molecule has 2 aliphatic heterocycles. The van der Waals surface area contributed by atoms with Crippen LogP contribution in [0, 0.1) is 50.7 Å². The summed E-state index contributed by atoms with van der Waals surface area (Å²) in [6.07, 6.45) is 14.0. The van der Waals surface area contributed by atoms with E-state index >= 15 is 0 Å². The largest absolute Gasteiger partial charge is 0.478 e. The van der Waals surface area contributed by atoms with Crippen molar-refractivity contribution in [1.29, 1.82) is 0 Å². The van der Waals surface area contributed by atoms with Crippen molar-refractivity contribution in [3.05, 3.63) is 53.6 Å². The molecule has 0 aromatic heterocycles. The molecule has 6 heteroatoms. The molecule has 4 saturated carbocycles. The first-order valence-electron chi connectivity index (χ1n) is 20.5. The molecule has 8 rings (SSSR count). The highest BCUT2D eigenvalue weighted by atomic mass is 16.5. The van der Waals surface area contributed by atoms with Gasteiger partial charge < -0.3 is 19.9 Å². The lowest BCUT2D eigenvalue weighted by Gasteiger charge is -2.77. The maximum absolute atomic E-state index is 11.6. The second kappa shape index (κ2) is 12.3. The van der Waals surface area contributed by atoms with E-state index in [1.807, 2.05) is 12.1 Å². The highest BCUT2D eigenvalue weighted by Crippen LogP contribution is 2.81. The van der Waals surface area contributed by atoms with E-state index in [4.69, 9.17) is 9.47 Å². The lowest BCUT2D eigenvalue weighted by atomic mass is 9.28. The van der Waals surface area contributed by atoms with Crippen LogP contribution in [0.3, 0.4) is 0 Å². The summed E-state index contributed by atoms with van der Waals surface area (Å²) in [4.78, 5) is 14.3. The summed E-state index contributed by atoms with van der Waals surface area (Å²) < 4.78 is 11.8. The van der Waals surface area contributed by atoms with E-state index in [9.17, 15) is 9.90 Å². The van der Waals surface area contributed by atoms with Crippen LogP contribution < -0.4 is 5.32 Å². The van der Waals surface area contributed by atoms with Crippen molar-refractivity contribution in [2.75, 3.05) is 39.5 Å². The van der Waals surface area contributed by atoms with Crippen LogP contribution in [-0.4, -0.2) is 73.1 Å². The second-order valence-electron chi connectivity index (χ2n) is 19.9. The van der Waals surface area contributed by atoms with E-state index in [-0.39, 0.29) is 32.6 Å². The molecule has 1 aromatic carbocycles. The Morgan fingerprint density at radius 3 is 2.12 bits per heavy atom. The molecule has 0 amide bonds. The van der Waals surface area contributed by atoms with Gasteiger partial charge in [-0.05, 0) is 139 Å². The van der Waals surface area contributed by atoms with Gasteiger partial charge in [0.05, 0.1) is 44.1 Å². The molecule has 51 heavy (non-hydrogen) atoms. The zero-order valence-electron chi connectivity index (χ0n) is 32.8. The van der Waals surface area contributed by atoms with E-state index in [2.05, 4.69) is 71.3 Å². The van der Waals surface area contributed by atoms with E-state index in [0.717, 1.165) is 45.9 Å². The molecule has 2 bridgehead atoms. The zero-order valence-corrected chi connectivity index (χ0v) is 32.8. The van der Waals surface area contributed by atoms with E-state index < -0.39 is 5.97 Å². The van der Waals surface area contributed by atoms with Gasteiger partial charge in [0.25, 0.3) is 0 Å². The molecular weight excluding hydrogens is 633 g/mol. The van der Waals surface area contributed by atoms with Gasteiger partial charge in [-0.1, -0.05) is 71.9 Å². The number of aromatic carboxylic acids is 1. The number of fused-ring (bicyclic) bond motifs is 9. The van der Waals surface area contributed by atoms with Crippen molar-refractivity contribution in [2.24, 2.45) is 50.7 Å². The molecule has 0 radical (unpaired) electrons. The second-order valence-corrected chi connectivity index (χ2v) is 19.9. The average molecular weight is 699 g/mol. The topological polar surface area (TPSA) is 71.0 Å². The Hall–Kier alpha value is -1.99. The average Bonchev–Trinajstić information content (AvgIpc) is 3.46. The number of allylic oxidation sites excluding steroid dienone is 3. The minimum absolute atomic E-state index is 0.00701. The molecule has 6 fully saturated rings. The predicted molar refractivity (Wildman–Crippen MR) is 205 cm³/mol. The number of carboxylic acids is 1. The van der Waals surface area contributed by atoms with Gasteiger partial charge in [-0.3, -0.25) is 4.90 Å². The Morgan fingerprint density at radius 2 is 1.49 bits per heavy atom. The number of carboxylic acid groups (broad SMARTS) is 1. The van der Waals surface area contributed by atoms with E-state index in [1.54, 1.807) is 12.1 Å². The molecule has 5 aliphatic carbocycles. The molecule has 7 aliphatic rings. The highest BCUT2D eigenvalue weighted by Gasteiger charge is 2.74. The zero-order chi connectivity index (χ0) is 36.2. The van der Waals surface area contributed by atoms with Crippen LogP contribution in [0.1, 0.15) is 122 Å². The Labute approximate surface area is 308 Å². The molecule has 2 saturated heterocycles. The minimum atomic E-state index is -0.858. The van der Waals surface area contributed by atoms with Crippen LogP contribution in [0.25, 0.3) is 5.57 Å². The number of benzene rings is 1. The van der Waals surface area contributed by atoms with Crippen molar-refractivity contribution in [3.8, 4) is 0 Å². The van der Waals surface area contributed by atoms with Crippen molar-refractivity contribution in [3.63, 3.8) is 0 Å². The van der Waals surface area contributed by atoms with Crippen LogP contribution in [-0.2, 0) is 9.47 Å². The summed E-state index contributed by atoms with van der Waals surface area (Å²) in [5, 5.41) is 13.9. The number of ether oxygens (including phenoxy) is 2. The number of hydrogen-bond acceptors (Lipinski definition) is 5. The van der Waals surface area contributed by atoms with E-state index in [1.165, 1.54) is 68.1 Å². The van der Waals surface area contributed by atoms with Crippen LogP contribution in [0.4, 0.5) is 0 Å². The fraction of sp³-hybridized carbons (Fsp3) is 0.756. The van der Waals surface area contributed by atoms with Crippen LogP contribution in [0.5, 0.6) is 0 Å². The van der Waals surface area contributed by atoms with Crippen molar-refractivity contribution >= 4 is 11.5 Å². The predicted octanol–water partition coefficient (Wildman–Crippen LogP) is 8.87. The Bertz CT molecular complexity index is 1560. The third-order valence-electron chi connectivity index (χ3n) is 18.1. The lowest BCUT2D eigenvalue weighted by molar-refractivity contribution is -0.268. The highest BCUT2D eigenvalue weighted by molar-refractivity contribution is 5.88. The van der Waals surface area contributed by atoms with Crippen LogP contribution in [0.15, 0.2) is 42.5 Å². The quantitative estimate of drug-likeness (QED) is 0.278. The summed E-state index contributed by atoms with van der Waals surface area (Å²) in [7, 11) is 0. The molecule has 1 aromatic rings. The normalized spacial score (nSPS) is 45.8. The van der Waals surface area contributed by atoms with Gasteiger partial charge in [-0.25, -0.2) is 4.79 Å². The van der Waals surface area contributed by atoms with Gasteiger partial charge in [0.1, 0.15) is 0 Å². The molecule has 2 heterocycles. The van der Waals surface area contributed by atoms with Gasteiger partial charge in [0.2, 0.25) is 0 Å². The van der Waals surface area contributed by atoms with Gasteiger partial charge in [-0.15, -0.1) is 0 Å². The maximum Gasteiger partial charge on any atom is 0.335 e. The van der Waals surface area contributed by atoms with Crippen LogP contribution >= 0.6 is 0 Å². The van der Waals surface area contributed by atoms with Crippen molar-refractivity contribution in [2.45, 2.75) is 124 Å². The van der Waals surface area contributed by atoms with Gasteiger partial charge in [0.15, 0.2) is 0 Å². The summed E-state index contributed by atoms with van der Waals surface area (Å²) in [5.41, 5.74) is 5.52. The number of nitrogens with one attached hydrogen (secondary N) is 1. The number of nitrogens with zero attached hydrogens (tertiary/aromatic N) is 1. The number of hydrogen-bond donors (Lipinski definition) is 2. The number of rotatable bonds is 7. The van der Waals surface area contributed by atoms with Crippen molar-refractivity contribution in [1.82, 2.24) is 10.2 Å². The lowest BCUT2D eigenvalue weighted by Crippen LogP contribution is -2.71. The third kappa shape index (κ3) is 4.97. The first-order valence-corrected chi connectivity index (χ1v) is 20.5. The summed E-state index contributed by atoms with van der Waals surface area (Å²) in [6, 6.07) is 8.45. The first kappa shape index (κ1) is 36.0. The fourth-order valence-electron chi connectivity index (χ4n) is 15.0. The maximum atomic E-state index is 11.6.